The minimum atomic E-state index is -0.198. The van der Waals surface area contributed by atoms with Crippen LogP contribution in [0, 0.1) is 11.7 Å². The van der Waals surface area contributed by atoms with Crippen molar-refractivity contribution in [2.24, 2.45) is 5.92 Å². The number of carbonyl (C=O) groups excluding carboxylic acids is 1. The van der Waals surface area contributed by atoms with Crippen LogP contribution in [-0.2, 0) is 16.8 Å². The van der Waals surface area contributed by atoms with Crippen LogP contribution in [0.15, 0.2) is 47.1 Å². The number of amides is 1. The highest BCUT2D eigenvalue weighted by atomic mass is 19.1. The van der Waals surface area contributed by atoms with Crippen LogP contribution in [0.5, 0.6) is 0 Å². The van der Waals surface area contributed by atoms with E-state index in [0.29, 0.717) is 6.54 Å². The molecule has 150 valence electrons. The zero-order valence-corrected chi connectivity index (χ0v) is 16.3. The molecule has 2 aliphatic rings. The van der Waals surface area contributed by atoms with Gasteiger partial charge in [0.25, 0.3) is 0 Å². The summed E-state index contributed by atoms with van der Waals surface area (Å²) in [6.45, 7) is 3.12. The molecule has 1 unspecified atom stereocenters. The lowest BCUT2D eigenvalue weighted by atomic mass is 9.78. The van der Waals surface area contributed by atoms with Crippen molar-refractivity contribution in [1.82, 2.24) is 10.2 Å². The van der Waals surface area contributed by atoms with E-state index in [1.807, 2.05) is 18.2 Å². The van der Waals surface area contributed by atoms with Crippen LogP contribution in [-0.4, -0.2) is 30.4 Å². The predicted octanol–water partition coefficient (Wildman–Crippen LogP) is 4.26. The zero-order chi connectivity index (χ0) is 19.4. The number of piperidine rings is 1. The smallest absolute Gasteiger partial charge is 0.224 e. The molecule has 0 spiro atoms. The Morgan fingerprint density at radius 1 is 1.21 bits per heavy atom. The van der Waals surface area contributed by atoms with Gasteiger partial charge in [0.1, 0.15) is 11.6 Å². The summed E-state index contributed by atoms with van der Waals surface area (Å²) in [5.74, 6) is 0.884. The van der Waals surface area contributed by atoms with Gasteiger partial charge in [-0.15, -0.1) is 0 Å². The van der Waals surface area contributed by atoms with Crippen LogP contribution in [0.1, 0.15) is 49.8 Å². The van der Waals surface area contributed by atoms with E-state index in [-0.39, 0.29) is 23.1 Å². The highest BCUT2D eigenvalue weighted by molar-refractivity contribution is 5.79. The summed E-state index contributed by atoms with van der Waals surface area (Å²) in [5.41, 5.74) is 0.897. The number of carbonyl (C=O) groups is 1. The summed E-state index contributed by atoms with van der Waals surface area (Å²) in [6.07, 6.45) is 7.91. The van der Waals surface area contributed by atoms with Crippen molar-refractivity contribution in [1.29, 1.82) is 0 Å². The lowest BCUT2D eigenvalue weighted by molar-refractivity contribution is -0.127. The molecule has 1 N–H and O–H groups in total. The first-order valence-electron chi connectivity index (χ1n) is 10.4. The van der Waals surface area contributed by atoms with Crippen molar-refractivity contribution < 1.29 is 13.6 Å². The Kier molecular flexibility index (Phi) is 5.81. The van der Waals surface area contributed by atoms with Crippen LogP contribution >= 0.6 is 0 Å². The maximum Gasteiger partial charge on any atom is 0.224 e. The van der Waals surface area contributed by atoms with E-state index >= 15 is 0 Å². The van der Waals surface area contributed by atoms with Gasteiger partial charge in [-0.1, -0.05) is 25.0 Å². The quantitative estimate of drug-likeness (QED) is 0.809. The Labute approximate surface area is 166 Å². The lowest BCUT2D eigenvalue weighted by Crippen LogP contribution is -2.46. The Bertz CT molecular complexity index is 784. The number of nitrogens with zero attached hydrogens (tertiary/aromatic N) is 1. The van der Waals surface area contributed by atoms with Crippen molar-refractivity contribution in [3.05, 3.63) is 59.8 Å². The van der Waals surface area contributed by atoms with E-state index in [1.54, 1.807) is 18.4 Å². The van der Waals surface area contributed by atoms with E-state index in [2.05, 4.69) is 10.2 Å². The first-order chi connectivity index (χ1) is 13.6. The van der Waals surface area contributed by atoms with Crippen molar-refractivity contribution >= 4 is 5.91 Å². The summed E-state index contributed by atoms with van der Waals surface area (Å²) in [6, 6.07) is 10.8. The van der Waals surface area contributed by atoms with Crippen LogP contribution in [0.25, 0.3) is 0 Å². The third-order valence-corrected chi connectivity index (χ3v) is 6.43. The van der Waals surface area contributed by atoms with Gasteiger partial charge < -0.3 is 9.73 Å². The monoisotopic (exact) mass is 384 g/mol. The number of hydrogen-bond donors (Lipinski definition) is 1. The maximum absolute atomic E-state index is 13.8. The van der Waals surface area contributed by atoms with Gasteiger partial charge in [0.15, 0.2) is 0 Å². The summed E-state index contributed by atoms with van der Waals surface area (Å²) in [4.78, 5) is 15.2. The fourth-order valence-corrected chi connectivity index (χ4v) is 4.87. The first kappa shape index (κ1) is 19.2. The van der Waals surface area contributed by atoms with Crippen molar-refractivity contribution in [3.8, 4) is 0 Å². The molecule has 0 radical (unpaired) electrons. The summed E-state index contributed by atoms with van der Waals surface area (Å²) >= 11 is 0. The van der Waals surface area contributed by atoms with Crippen molar-refractivity contribution in [2.75, 3.05) is 19.6 Å². The molecule has 2 heterocycles. The largest absolute Gasteiger partial charge is 0.468 e. The number of hydrogen-bond acceptors (Lipinski definition) is 3. The van der Waals surface area contributed by atoms with Crippen molar-refractivity contribution in [2.45, 2.75) is 50.5 Å². The second-order valence-electron chi connectivity index (χ2n) is 8.37. The summed E-state index contributed by atoms with van der Waals surface area (Å²) < 4.78 is 19.2. The molecule has 1 atom stereocenters. The number of benzene rings is 1. The van der Waals surface area contributed by atoms with Gasteiger partial charge in [-0.2, -0.15) is 0 Å². The lowest BCUT2D eigenvalue weighted by Gasteiger charge is -2.34. The van der Waals surface area contributed by atoms with E-state index in [9.17, 15) is 9.18 Å². The molecule has 4 nitrogen and oxygen atoms in total. The van der Waals surface area contributed by atoms with Gasteiger partial charge in [0, 0.05) is 18.5 Å². The molecular weight excluding hydrogens is 355 g/mol. The van der Waals surface area contributed by atoms with E-state index in [1.165, 1.54) is 6.07 Å². The molecule has 1 aliphatic heterocycles. The molecule has 1 aromatic heterocycles. The van der Waals surface area contributed by atoms with Gasteiger partial charge >= 0.3 is 0 Å². The fraction of sp³-hybridized carbons (Fsp3) is 0.522. The SMILES string of the molecule is O=C(NCC1(c2cccc(F)c2)CCCC1)C1CCCN(Cc2ccco2)C1. The number of furan rings is 1. The third kappa shape index (κ3) is 4.30. The Hall–Kier alpha value is -2.14. The van der Waals surface area contributed by atoms with Crippen LogP contribution < -0.4 is 5.32 Å². The van der Waals surface area contributed by atoms with E-state index in [0.717, 1.165) is 69.5 Å². The molecule has 5 heteroatoms. The van der Waals surface area contributed by atoms with Gasteiger partial charge in [0.2, 0.25) is 5.91 Å². The van der Waals surface area contributed by atoms with E-state index < -0.39 is 0 Å². The molecule has 28 heavy (non-hydrogen) atoms. The number of halogens is 1. The minimum Gasteiger partial charge on any atom is -0.468 e. The molecule has 1 saturated heterocycles. The molecule has 1 amide bonds. The average molecular weight is 384 g/mol. The normalized spacial score (nSPS) is 22.2. The molecule has 0 bridgehead atoms. The van der Waals surface area contributed by atoms with Gasteiger partial charge in [-0.3, -0.25) is 9.69 Å². The summed E-state index contributed by atoms with van der Waals surface area (Å²) in [5, 5.41) is 3.22. The molecule has 4 rings (SSSR count). The topological polar surface area (TPSA) is 45.5 Å². The van der Waals surface area contributed by atoms with Gasteiger partial charge in [-0.25, -0.2) is 4.39 Å². The fourth-order valence-electron chi connectivity index (χ4n) is 4.87. The molecule has 2 fully saturated rings. The van der Waals surface area contributed by atoms with Gasteiger partial charge in [-0.05, 0) is 62.1 Å². The van der Waals surface area contributed by atoms with Crippen LogP contribution in [0.2, 0.25) is 0 Å². The Balaban J connectivity index is 1.37. The first-order valence-corrected chi connectivity index (χ1v) is 10.4. The number of nitrogens with one attached hydrogen (secondary N) is 1. The van der Waals surface area contributed by atoms with E-state index in [4.69, 9.17) is 4.42 Å². The maximum atomic E-state index is 13.8. The molecule has 1 aliphatic carbocycles. The Morgan fingerprint density at radius 3 is 2.82 bits per heavy atom. The molecule has 1 saturated carbocycles. The zero-order valence-electron chi connectivity index (χ0n) is 16.3. The molecule has 1 aromatic carbocycles. The number of likely N-dealkylation sites (tertiary alicyclic amines) is 1. The average Bonchev–Trinajstić information content (AvgIpc) is 3.39. The van der Waals surface area contributed by atoms with Crippen molar-refractivity contribution in [3.63, 3.8) is 0 Å². The van der Waals surface area contributed by atoms with Gasteiger partial charge in [0.05, 0.1) is 18.7 Å². The molecular formula is C23H29FN2O2. The van der Waals surface area contributed by atoms with Crippen LogP contribution in [0.4, 0.5) is 4.39 Å². The highest BCUT2D eigenvalue weighted by Gasteiger charge is 2.37. The molecule has 2 aromatic rings. The Morgan fingerprint density at radius 2 is 2.07 bits per heavy atom. The second-order valence-corrected chi connectivity index (χ2v) is 8.37. The summed E-state index contributed by atoms with van der Waals surface area (Å²) in [7, 11) is 0. The van der Waals surface area contributed by atoms with Crippen LogP contribution in [0.3, 0.4) is 0 Å². The highest BCUT2D eigenvalue weighted by Crippen LogP contribution is 2.40. The minimum absolute atomic E-state index is 0.00896. The third-order valence-electron chi connectivity index (χ3n) is 6.43. The second kappa shape index (κ2) is 8.48. The predicted molar refractivity (Wildman–Crippen MR) is 106 cm³/mol. The number of rotatable bonds is 6. The standard InChI is InChI=1S/C23H29FN2O2/c24-20-8-3-7-19(14-20)23(10-1-2-11-23)17-25-22(27)18-6-4-12-26(15-18)16-21-9-5-13-28-21/h3,5,7-9,13-14,18H,1-2,4,6,10-12,15-17H2,(H,25,27).